The van der Waals surface area contributed by atoms with Gasteiger partial charge in [-0.25, -0.2) is 0 Å². The van der Waals surface area contributed by atoms with Gasteiger partial charge in [-0.1, -0.05) is 6.08 Å². The predicted molar refractivity (Wildman–Crippen MR) is 69.9 cm³/mol. The molecule has 3 heteroatoms. The average Bonchev–Trinajstić information content (AvgIpc) is 2.21. The van der Waals surface area contributed by atoms with Crippen molar-refractivity contribution in [3.63, 3.8) is 0 Å². The van der Waals surface area contributed by atoms with Gasteiger partial charge in [-0.05, 0) is 55.8 Å². The Hall–Kier alpha value is -0.830. The van der Waals surface area contributed by atoms with Gasteiger partial charge in [0.15, 0.2) is 0 Å². The lowest BCUT2D eigenvalue weighted by molar-refractivity contribution is -0.169. The molecule has 0 aliphatic heterocycles. The van der Waals surface area contributed by atoms with Gasteiger partial charge in [0.2, 0.25) is 5.91 Å². The van der Waals surface area contributed by atoms with Crippen LogP contribution < -0.4 is 5.32 Å². The van der Waals surface area contributed by atoms with Gasteiger partial charge >= 0.3 is 0 Å². The van der Waals surface area contributed by atoms with Crippen LogP contribution >= 0.6 is 0 Å². The normalized spacial score (nSPS) is 44.9. The summed E-state index contributed by atoms with van der Waals surface area (Å²) in [4.78, 5) is 12.0. The molecule has 0 radical (unpaired) electrons. The zero-order chi connectivity index (χ0) is 12.8. The number of carbonyl (C=O) groups is 1. The van der Waals surface area contributed by atoms with Crippen LogP contribution in [0.5, 0.6) is 0 Å². The van der Waals surface area contributed by atoms with Crippen LogP contribution in [0.1, 0.15) is 44.9 Å². The predicted octanol–water partition coefficient (Wildman–Crippen LogP) is 2.01. The Morgan fingerprint density at radius 2 is 2.00 bits per heavy atom. The SMILES string of the molecule is C=CCNC(=O)CC12C[C@@H]3C[C@@H](CC(O)(C3)C1)C2. The monoisotopic (exact) mass is 249 g/mol. The Morgan fingerprint density at radius 3 is 2.56 bits per heavy atom. The quantitative estimate of drug-likeness (QED) is 0.749. The van der Waals surface area contributed by atoms with Crippen molar-refractivity contribution in [2.45, 2.75) is 50.5 Å². The van der Waals surface area contributed by atoms with Crippen molar-refractivity contribution < 1.29 is 9.90 Å². The largest absolute Gasteiger partial charge is 0.390 e. The van der Waals surface area contributed by atoms with Gasteiger partial charge < -0.3 is 10.4 Å². The zero-order valence-electron chi connectivity index (χ0n) is 11.0. The third-order valence-electron chi connectivity index (χ3n) is 5.13. The van der Waals surface area contributed by atoms with E-state index in [0.29, 0.717) is 24.8 Å². The maximum Gasteiger partial charge on any atom is 0.220 e. The van der Waals surface area contributed by atoms with E-state index >= 15 is 0 Å². The lowest BCUT2D eigenvalue weighted by atomic mass is 9.47. The Morgan fingerprint density at radius 1 is 1.33 bits per heavy atom. The molecule has 3 nitrogen and oxygen atoms in total. The molecule has 4 aliphatic rings. The molecule has 1 amide bonds. The Labute approximate surface area is 109 Å². The van der Waals surface area contributed by atoms with E-state index in [1.54, 1.807) is 6.08 Å². The summed E-state index contributed by atoms with van der Waals surface area (Å²) in [5, 5.41) is 13.5. The summed E-state index contributed by atoms with van der Waals surface area (Å²) in [5.41, 5.74) is -0.368. The smallest absolute Gasteiger partial charge is 0.220 e. The maximum atomic E-state index is 12.0. The first-order valence-corrected chi connectivity index (χ1v) is 7.13. The van der Waals surface area contributed by atoms with Crippen LogP contribution in [-0.2, 0) is 4.79 Å². The van der Waals surface area contributed by atoms with Gasteiger partial charge in [0.25, 0.3) is 0 Å². The van der Waals surface area contributed by atoms with E-state index in [1.807, 2.05) is 0 Å². The fourth-order valence-corrected chi connectivity index (χ4v) is 5.20. The number of hydrogen-bond acceptors (Lipinski definition) is 2. The third kappa shape index (κ3) is 2.09. The van der Waals surface area contributed by atoms with Crippen LogP contribution in [0.4, 0.5) is 0 Å². The Kier molecular flexibility index (Phi) is 2.77. The number of rotatable bonds is 4. The second-order valence-corrected chi connectivity index (χ2v) is 6.95. The third-order valence-corrected chi connectivity index (χ3v) is 5.13. The summed E-state index contributed by atoms with van der Waals surface area (Å²) in [6, 6.07) is 0. The van der Waals surface area contributed by atoms with Crippen LogP contribution in [-0.4, -0.2) is 23.2 Å². The molecule has 4 saturated carbocycles. The molecule has 0 aromatic carbocycles. The number of amides is 1. The molecule has 0 heterocycles. The van der Waals surface area contributed by atoms with E-state index in [-0.39, 0.29) is 11.3 Å². The van der Waals surface area contributed by atoms with Crippen molar-refractivity contribution in [3.05, 3.63) is 12.7 Å². The number of hydrogen-bond donors (Lipinski definition) is 2. The van der Waals surface area contributed by atoms with Crippen molar-refractivity contribution in [2.75, 3.05) is 6.54 Å². The van der Waals surface area contributed by atoms with Crippen LogP contribution in [0.15, 0.2) is 12.7 Å². The van der Waals surface area contributed by atoms with E-state index in [9.17, 15) is 9.90 Å². The topological polar surface area (TPSA) is 49.3 Å². The van der Waals surface area contributed by atoms with Gasteiger partial charge in [-0.2, -0.15) is 0 Å². The number of nitrogens with one attached hydrogen (secondary N) is 1. The minimum absolute atomic E-state index is 0.0874. The second-order valence-electron chi connectivity index (χ2n) is 6.95. The highest BCUT2D eigenvalue weighted by Gasteiger charge is 2.57. The molecule has 2 unspecified atom stereocenters. The summed E-state index contributed by atoms with van der Waals surface area (Å²) >= 11 is 0. The number of carbonyl (C=O) groups excluding carboxylic acids is 1. The minimum Gasteiger partial charge on any atom is -0.390 e. The molecule has 0 spiro atoms. The molecule has 4 bridgehead atoms. The summed E-state index contributed by atoms with van der Waals surface area (Å²) in [6.45, 7) is 4.16. The van der Waals surface area contributed by atoms with Gasteiger partial charge in [-0.15, -0.1) is 6.58 Å². The molecule has 100 valence electrons. The minimum atomic E-state index is -0.456. The molecule has 4 atom stereocenters. The molecule has 2 N–H and O–H groups in total. The van der Waals surface area contributed by atoms with Gasteiger partial charge in [0, 0.05) is 13.0 Å². The van der Waals surface area contributed by atoms with Crippen molar-refractivity contribution in [1.82, 2.24) is 5.32 Å². The molecule has 0 aromatic heterocycles. The summed E-state index contributed by atoms with van der Waals surface area (Å²) in [7, 11) is 0. The summed E-state index contributed by atoms with van der Waals surface area (Å²) < 4.78 is 0. The van der Waals surface area contributed by atoms with E-state index in [4.69, 9.17) is 0 Å². The Bertz CT molecular complexity index is 363. The highest BCUT2D eigenvalue weighted by atomic mass is 16.3. The van der Waals surface area contributed by atoms with Gasteiger partial charge in [0.1, 0.15) is 0 Å². The molecule has 0 aromatic rings. The average molecular weight is 249 g/mol. The van der Waals surface area contributed by atoms with Gasteiger partial charge in [0.05, 0.1) is 5.60 Å². The van der Waals surface area contributed by atoms with Crippen LogP contribution in [0.3, 0.4) is 0 Å². The highest BCUT2D eigenvalue weighted by Crippen LogP contribution is 2.62. The summed E-state index contributed by atoms with van der Waals surface area (Å²) in [6.07, 6.45) is 8.66. The first kappa shape index (κ1) is 12.2. The molecule has 4 rings (SSSR count). The van der Waals surface area contributed by atoms with Crippen molar-refractivity contribution in [3.8, 4) is 0 Å². The van der Waals surface area contributed by atoms with Crippen LogP contribution in [0, 0.1) is 17.3 Å². The van der Waals surface area contributed by atoms with Crippen molar-refractivity contribution in [1.29, 1.82) is 0 Å². The first-order chi connectivity index (χ1) is 8.53. The number of aliphatic hydroxyl groups is 1. The lowest BCUT2D eigenvalue weighted by Gasteiger charge is -2.60. The summed E-state index contributed by atoms with van der Waals surface area (Å²) in [5.74, 6) is 1.44. The van der Waals surface area contributed by atoms with E-state index < -0.39 is 5.60 Å². The fraction of sp³-hybridized carbons (Fsp3) is 0.800. The molecular weight excluding hydrogens is 226 g/mol. The highest BCUT2D eigenvalue weighted by molar-refractivity contribution is 5.77. The molecular formula is C15H23NO2. The maximum absolute atomic E-state index is 12.0. The van der Waals surface area contributed by atoms with Crippen LogP contribution in [0.25, 0.3) is 0 Å². The van der Waals surface area contributed by atoms with Crippen molar-refractivity contribution in [2.24, 2.45) is 17.3 Å². The fourth-order valence-electron chi connectivity index (χ4n) is 5.20. The Balaban J connectivity index is 1.71. The zero-order valence-corrected chi connectivity index (χ0v) is 11.0. The van der Waals surface area contributed by atoms with Gasteiger partial charge in [-0.3, -0.25) is 4.79 Å². The van der Waals surface area contributed by atoms with Crippen molar-refractivity contribution >= 4 is 5.91 Å². The van der Waals surface area contributed by atoms with E-state index in [2.05, 4.69) is 11.9 Å². The molecule has 0 saturated heterocycles. The molecule has 4 fully saturated rings. The molecule has 18 heavy (non-hydrogen) atoms. The van der Waals surface area contributed by atoms with Crippen LogP contribution in [0.2, 0.25) is 0 Å². The van der Waals surface area contributed by atoms with E-state index in [1.165, 1.54) is 6.42 Å². The lowest BCUT2D eigenvalue weighted by Crippen LogP contribution is -2.56. The standard InChI is InChI=1S/C15H23NO2/c1-2-3-16-13(17)9-14-5-11-4-12(6-14)8-15(18,7-11)10-14/h2,11-12,18H,1,3-10H2,(H,16,17)/t11-,12+,14?,15?. The van der Waals surface area contributed by atoms with E-state index in [0.717, 1.165) is 32.1 Å². The first-order valence-electron chi connectivity index (χ1n) is 7.13. The second kappa shape index (κ2) is 4.09. The molecule has 4 aliphatic carbocycles.